The van der Waals surface area contributed by atoms with E-state index in [2.05, 4.69) is 20.9 Å². The van der Waals surface area contributed by atoms with E-state index in [1.807, 2.05) is 16.8 Å². The fourth-order valence-electron chi connectivity index (χ4n) is 1.39. The van der Waals surface area contributed by atoms with Crippen LogP contribution >= 0.6 is 15.9 Å². The van der Waals surface area contributed by atoms with Crippen LogP contribution < -0.4 is 4.74 Å². The molecule has 0 N–H and O–H groups in total. The summed E-state index contributed by atoms with van der Waals surface area (Å²) in [5.74, 6) is 0.690. The quantitative estimate of drug-likeness (QED) is 0.796. The number of rotatable bonds is 5. The molecule has 0 saturated heterocycles. The molecular weight excluding hydrogens is 284 g/mol. The van der Waals surface area contributed by atoms with E-state index in [0.29, 0.717) is 17.9 Å². The lowest BCUT2D eigenvalue weighted by molar-refractivity contribution is 0.112. The lowest BCUT2D eigenvalue weighted by Crippen LogP contribution is -2.06. The molecule has 1 aromatic carbocycles. The van der Waals surface area contributed by atoms with Crippen molar-refractivity contribution >= 4 is 22.2 Å². The Morgan fingerprint density at radius 3 is 3.06 bits per heavy atom. The fourth-order valence-corrected chi connectivity index (χ4v) is 1.73. The van der Waals surface area contributed by atoms with Crippen molar-refractivity contribution in [3.8, 4) is 5.75 Å². The number of hydrogen-bond acceptors (Lipinski definition) is 3. The molecule has 0 spiro atoms. The number of hydrogen-bond donors (Lipinski definition) is 0. The third-order valence-electron chi connectivity index (χ3n) is 2.27. The van der Waals surface area contributed by atoms with Crippen molar-refractivity contribution in [2.24, 2.45) is 0 Å². The first-order valence-corrected chi connectivity index (χ1v) is 5.92. The summed E-state index contributed by atoms with van der Waals surface area (Å²) >= 11 is 3.29. The van der Waals surface area contributed by atoms with E-state index in [9.17, 15) is 4.79 Å². The molecule has 0 amide bonds. The molecule has 0 aliphatic rings. The summed E-state index contributed by atoms with van der Waals surface area (Å²) in [4.78, 5) is 14.7. The molecule has 88 valence electrons. The van der Waals surface area contributed by atoms with E-state index in [-0.39, 0.29) is 0 Å². The van der Waals surface area contributed by atoms with Crippen LogP contribution in [0.15, 0.2) is 41.4 Å². The van der Waals surface area contributed by atoms with Crippen LogP contribution in [-0.4, -0.2) is 22.4 Å². The van der Waals surface area contributed by atoms with E-state index < -0.39 is 0 Å². The van der Waals surface area contributed by atoms with Crippen molar-refractivity contribution in [1.82, 2.24) is 9.55 Å². The van der Waals surface area contributed by atoms with Gasteiger partial charge < -0.3 is 9.30 Å². The molecule has 0 atom stereocenters. The van der Waals surface area contributed by atoms with Crippen LogP contribution in [0.3, 0.4) is 0 Å². The summed E-state index contributed by atoms with van der Waals surface area (Å²) in [6.07, 6.45) is 6.14. The Kier molecular flexibility index (Phi) is 3.93. The van der Waals surface area contributed by atoms with Crippen molar-refractivity contribution < 1.29 is 9.53 Å². The molecule has 0 unspecified atom stereocenters. The van der Waals surface area contributed by atoms with Gasteiger partial charge in [0.1, 0.15) is 12.4 Å². The highest BCUT2D eigenvalue weighted by molar-refractivity contribution is 9.10. The molecule has 0 fully saturated rings. The average molecular weight is 295 g/mol. The van der Waals surface area contributed by atoms with Crippen LogP contribution in [0.5, 0.6) is 5.75 Å². The van der Waals surface area contributed by atoms with E-state index in [0.717, 1.165) is 17.3 Å². The first kappa shape index (κ1) is 11.9. The smallest absolute Gasteiger partial charge is 0.151 e. The Bertz CT molecular complexity index is 497. The Hall–Kier alpha value is -1.62. The Morgan fingerprint density at radius 1 is 1.47 bits per heavy atom. The topological polar surface area (TPSA) is 44.1 Å². The molecule has 0 bridgehead atoms. The summed E-state index contributed by atoms with van der Waals surface area (Å²) < 4.78 is 8.25. The fraction of sp³-hybridized carbons (Fsp3) is 0.167. The Labute approximate surface area is 107 Å². The van der Waals surface area contributed by atoms with Gasteiger partial charge in [0.2, 0.25) is 0 Å². The molecule has 1 heterocycles. The first-order chi connectivity index (χ1) is 8.29. The minimum absolute atomic E-state index is 0.538. The van der Waals surface area contributed by atoms with Gasteiger partial charge in [0.25, 0.3) is 0 Å². The van der Waals surface area contributed by atoms with Crippen molar-refractivity contribution in [3.05, 3.63) is 47.0 Å². The molecule has 2 aromatic rings. The number of imidazole rings is 1. The van der Waals surface area contributed by atoms with Gasteiger partial charge in [-0.2, -0.15) is 0 Å². The molecule has 4 nitrogen and oxygen atoms in total. The molecule has 1 aromatic heterocycles. The SMILES string of the molecule is O=Cc1cc(OCCn2ccnc2)ccc1Br. The van der Waals surface area contributed by atoms with E-state index in [1.165, 1.54) is 0 Å². The summed E-state index contributed by atoms with van der Waals surface area (Å²) in [5.41, 5.74) is 0.588. The summed E-state index contributed by atoms with van der Waals surface area (Å²) in [7, 11) is 0. The zero-order valence-corrected chi connectivity index (χ0v) is 10.6. The number of aromatic nitrogens is 2. The second-order valence-corrected chi connectivity index (χ2v) is 4.30. The van der Waals surface area contributed by atoms with Crippen molar-refractivity contribution in [2.45, 2.75) is 6.54 Å². The van der Waals surface area contributed by atoms with E-state index >= 15 is 0 Å². The number of ether oxygens (including phenoxy) is 1. The van der Waals surface area contributed by atoms with Gasteiger partial charge in [-0.25, -0.2) is 4.98 Å². The highest BCUT2D eigenvalue weighted by Gasteiger charge is 2.01. The predicted octanol–water partition coefficient (Wildman–Crippen LogP) is 2.54. The van der Waals surface area contributed by atoms with Crippen LogP contribution in [-0.2, 0) is 6.54 Å². The van der Waals surface area contributed by atoms with Crippen LogP contribution in [0.25, 0.3) is 0 Å². The normalized spacial score (nSPS) is 10.2. The van der Waals surface area contributed by atoms with Crippen molar-refractivity contribution in [2.75, 3.05) is 6.61 Å². The van der Waals surface area contributed by atoms with Crippen molar-refractivity contribution in [3.63, 3.8) is 0 Å². The first-order valence-electron chi connectivity index (χ1n) is 5.13. The van der Waals surface area contributed by atoms with Gasteiger partial charge >= 0.3 is 0 Å². The third-order valence-corrected chi connectivity index (χ3v) is 2.99. The molecule has 0 aliphatic heterocycles. The predicted molar refractivity (Wildman–Crippen MR) is 67.3 cm³/mol. The monoisotopic (exact) mass is 294 g/mol. The number of aldehydes is 1. The highest BCUT2D eigenvalue weighted by Crippen LogP contribution is 2.21. The zero-order chi connectivity index (χ0) is 12.1. The minimum Gasteiger partial charge on any atom is -0.492 e. The number of halogens is 1. The van der Waals surface area contributed by atoms with Gasteiger partial charge in [0.05, 0.1) is 12.9 Å². The molecule has 0 aliphatic carbocycles. The largest absolute Gasteiger partial charge is 0.492 e. The van der Waals surface area contributed by atoms with Gasteiger partial charge in [0, 0.05) is 22.4 Å². The van der Waals surface area contributed by atoms with E-state index in [4.69, 9.17) is 4.74 Å². The maximum atomic E-state index is 10.7. The number of carbonyl (C=O) groups is 1. The molecule has 0 saturated carbocycles. The Morgan fingerprint density at radius 2 is 2.35 bits per heavy atom. The summed E-state index contributed by atoms with van der Waals surface area (Å²) in [5, 5.41) is 0. The minimum atomic E-state index is 0.538. The van der Waals surface area contributed by atoms with Gasteiger partial charge in [-0.05, 0) is 18.2 Å². The maximum Gasteiger partial charge on any atom is 0.151 e. The zero-order valence-electron chi connectivity index (χ0n) is 9.04. The second kappa shape index (κ2) is 5.63. The molecule has 5 heteroatoms. The van der Waals surface area contributed by atoms with Crippen LogP contribution in [0.4, 0.5) is 0 Å². The highest BCUT2D eigenvalue weighted by atomic mass is 79.9. The molecule has 17 heavy (non-hydrogen) atoms. The number of nitrogens with zero attached hydrogens (tertiary/aromatic N) is 2. The van der Waals surface area contributed by atoms with Crippen LogP contribution in [0, 0.1) is 0 Å². The Balaban J connectivity index is 1.93. The molecule has 0 radical (unpaired) electrons. The third kappa shape index (κ3) is 3.17. The van der Waals surface area contributed by atoms with Crippen LogP contribution in [0.1, 0.15) is 10.4 Å². The average Bonchev–Trinajstić information content (AvgIpc) is 2.84. The van der Waals surface area contributed by atoms with Crippen molar-refractivity contribution in [1.29, 1.82) is 0 Å². The van der Waals surface area contributed by atoms with Gasteiger partial charge in [0.15, 0.2) is 6.29 Å². The maximum absolute atomic E-state index is 10.7. The summed E-state index contributed by atoms with van der Waals surface area (Å²) in [6.45, 7) is 1.27. The van der Waals surface area contributed by atoms with Gasteiger partial charge in [-0.3, -0.25) is 4.79 Å². The lowest BCUT2D eigenvalue weighted by atomic mass is 10.2. The number of carbonyl (C=O) groups excluding carboxylic acids is 1. The van der Waals surface area contributed by atoms with Crippen LogP contribution in [0.2, 0.25) is 0 Å². The van der Waals surface area contributed by atoms with Gasteiger partial charge in [-0.15, -0.1) is 0 Å². The number of benzene rings is 1. The standard InChI is InChI=1S/C12H11BrN2O2/c13-12-2-1-11(7-10(12)8-16)17-6-5-15-4-3-14-9-15/h1-4,7-9H,5-6H2. The van der Waals surface area contributed by atoms with Gasteiger partial charge in [-0.1, -0.05) is 15.9 Å². The summed E-state index contributed by atoms with van der Waals surface area (Å²) in [6, 6.07) is 5.34. The van der Waals surface area contributed by atoms with E-state index in [1.54, 1.807) is 24.7 Å². The molecule has 2 rings (SSSR count). The second-order valence-electron chi connectivity index (χ2n) is 3.45. The molecular formula is C12H11BrN2O2. The lowest BCUT2D eigenvalue weighted by Gasteiger charge is -2.07.